The van der Waals surface area contributed by atoms with Gasteiger partial charge in [0.1, 0.15) is 195 Å². The summed E-state index contributed by atoms with van der Waals surface area (Å²) in [6, 6.07) is -3.44. The van der Waals surface area contributed by atoms with Crippen molar-refractivity contribution in [3.8, 4) is 0 Å². The minimum absolute atomic E-state index is 0.757. The predicted molar refractivity (Wildman–Crippen MR) is 288 cm³/mol. The zero-order valence-corrected chi connectivity index (χ0v) is 50.4. The second kappa shape index (κ2) is 33.9. The van der Waals surface area contributed by atoms with Gasteiger partial charge in [-0.2, -0.15) is 0 Å². The molecule has 0 saturated carbocycles. The number of amides is 2. The van der Waals surface area contributed by atoms with Gasteiger partial charge >= 0.3 is 0 Å². The van der Waals surface area contributed by atoms with Crippen LogP contribution in [-0.4, -0.2) is 433 Å². The van der Waals surface area contributed by atoms with E-state index in [0.29, 0.717) is 0 Å². The van der Waals surface area contributed by atoms with E-state index in [4.69, 9.17) is 71.1 Å². The normalized spacial score (nSPS) is 50.2. The minimum atomic E-state index is -2.40. The molecule has 43 heteroatoms. The quantitative estimate of drug-likeness (QED) is 0.0404. The second-order valence-electron chi connectivity index (χ2n) is 23.9. The highest BCUT2D eigenvalue weighted by Crippen LogP contribution is 2.38. The van der Waals surface area contributed by atoms with Crippen LogP contribution in [0.5, 0.6) is 0 Å². The molecule has 8 aliphatic rings. The Morgan fingerprint density at radius 2 is 0.674 bits per heavy atom. The average Bonchev–Trinajstić information content (AvgIpc) is 0.945. The summed E-state index contributed by atoms with van der Waals surface area (Å²) in [5.74, 6) is -1.65. The van der Waals surface area contributed by atoms with E-state index in [2.05, 4.69) is 10.6 Å². The fraction of sp³-hybridized carbons (Fsp3) is 0.962. The summed E-state index contributed by atoms with van der Waals surface area (Å²) < 4.78 is 86.6. The van der Waals surface area contributed by atoms with E-state index < -0.39 is 310 Å². The first kappa shape index (κ1) is 78.1. The first-order valence-electron chi connectivity index (χ1n) is 30.1. The maximum absolute atomic E-state index is 12.8. The van der Waals surface area contributed by atoms with E-state index >= 15 is 0 Å². The van der Waals surface area contributed by atoms with Crippen LogP contribution in [0.2, 0.25) is 0 Å². The third-order valence-electron chi connectivity index (χ3n) is 17.4. The lowest BCUT2D eigenvalue weighted by atomic mass is 9.94. The molecule has 0 bridgehead atoms. The summed E-state index contributed by atoms with van der Waals surface area (Å²) in [6.07, 6.45) is -77.2. The Kier molecular flexibility index (Phi) is 27.9. The van der Waals surface area contributed by atoms with Gasteiger partial charge in [0.15, 0.2) is 50.3 Å². The lowest BCUT2D eigenvalue weighted by Gasteiger charge is -2.50. The smallest absolute Gasteiger partial charge is 0.217 e. The summed E-state index contributed by atoms with van der Waals surface area (Å²) in [6.45, 7) is -6.24. The van der Waals surface area contributed by atoms with Crippen LogP contribution < -0.4 is 10.6 Å². The van der Waals surface area contributed by atoms with Crippen molar-refractivity contribution in [3.63, 3.8) is 0 Å². The highest BCUT2D eigenvalue weighted by atomic mass is 16.8. The van der Waals surface area contributed by atoms with Crippen LogP contribution in [0.4, 0.5) is 0 Å². The summed E-state index contributed by atoms with van der Waals surface area (Å²) in [7, 11) is 0. The first-order chi connectivity index (χ1) is 44.9. The molecule has 40 unspecified atom stereocenters. The number of carbonyl (C=O) groups excluding carboxylic acids is 2. The number of hydrogen-bond donors (Lipinski definition) is 26. The number of rotatable bonds is 25. The number of aliphatic hydroxyl groups is 24. The van der Waals surface area contributed by atoms with Crippen molar-refractivity contribution in [1.29, 1.82) is 0 Å². The van der Waals surface area contributed by atoms with Gasteiger partial charge in [0, 0.05) is 13.8 Å². The lowest BCUT2D eigenvalue weighted by molar-refractivity contribution is -0.390. The summed E-state index contributed by atoms with van der Waals surface area (Å²) in [5.41, 5.74) is 0. The molecule has 0 aliphatic carbocycles. The van der Waals surface area contributed by atoms with E-state index in [0.717, 1.165) is 13.8 Å². The molecule has 8 rings (SSSR count). The van der Waals surface area contributed by atoms with Gasteiger partial charge in [-0.3, -0.25) is 9.59 Å². The highest BCUT2D eigenvalue weighted by Gasteiger charge is 2.59. The van der Waals surface area contributed by atoms with Crippen molar-refractivity contribution in [3.05, 3.63) is 0 Å². The monoisotopic (exact) mass is 1400 g/mol. The molecule has 2 amide bonds. The van der Waals surface area contributed by atoms with Gasteiger partial charge < -0.3 is 204 Å². The molecule has 8 saturated heterocycles. The first-order valence-corrected chi connectivity index (χ1v) is 30.1. The molecule has 0 aromatic heterocycles. The SMILES string of the molecule is CC(=O)NC1C(O)OC(CO)C(OC2OC(CO)C(OC3OC(COC4OC(COC5OC(CO)C(O)C(O)C5O)C(O)C(OC5OC(CO)C(O)C(O)C5OC5OC(C(O)CO)C(O)C5O)C4O)C(O)C(OC4OC(CO)C(O)C(O)C4O)C3O)C(O)C2NC(C)=O)C1O. The molecule has 8 fully saturated rings. The standard InChI is InChI=1S/C52H88N2O41/c1-11(61)53-21-28(69)40(17(7-59)83-45(21)80)91-46-22(54-12(2)62)29(70)41(18(8-60)87-46)92-51-38(79)43(93-49-35(76)31(72)24(65)15(5-57)85-49)27(68)20(89-51)10-82-48-37(78)42(26(67)19(88-48)9-81-47-34(75)30(71)23(64)14(4-56)84-47)94-52-44(32(73)25(66)16(6-58)86-52)95-50-36(77)33(74)39(90-50)13(63)3-55/h13-52,55-60,63-80H,3-10H2,1-2H3,(H,53,61)(H,54,62). The molecule has 0 aromatic carbocycles. The molecule has 26 N–H and O–H groups in total. The van der Waals surface area contributed by atoms with Gasteiger partial charge in [-0.1, -0.05) is 0 Å². The topological polar surface area (TPSA) is 682 Å². The second-order valence-corrected chi connectivity index (χ2v) is 23.9. The van der Waals surface area contributed by atoms with Gasteiger partial charge in [-0.05, 0) is 0 Å². The van der Waals surface area contributed by atoms with Crippen LogP contribution in [0.3, 0.4) is 0 Å². The van der Waals surface area contributed by atoms with Crippen molar-refractivity contribution in [2.45, 2.75) is 259 Å². The number of ether oxygens (including phenoxy) is 15. The van der Waals surface area contributed by atoms with E-state index in [-0.39, 0.29) is 0 Å². The van der Waals surface area contributed by atoms with E-state index in [1.54, 1.807) is 0 Å². The molecule has 8 aliphatic heterocycles. The molecule has 552 valence electrons. The molecule has 43 nitrogen and oxygen atoms in total. The van der Waals surface area contributed by atoms with Crippen LogP contribution in [0.1, 0.15) is 13.8 Å². The van der Waals surface area contributed by atoms with Gasteiger partial charge in [-0.15, -0.1) is 0 Å². The molecular weight excluding hydrogens is 1310 g/mol. The Morgan fingerprint density at radius 1 is 0.326 bits per heavy atom. The van der Waals surface area contributed by atoms with Crippen LogP contribution in [-0.2, 0) is 80.6 Å². The van der Waals surface area contributed by atoms with E-state index in [1.165, 1.54) is 0 Å². The molecule has 0 aromatic rings. The van der Waals surface area contributed by atoms with Gasteiger partial charge in [0.25, 0.3) is 0 Å². The van der Waals surface area contributed by atoms with Crippen LogP contribution in [0.15, 0.2) is 0 Å². The Bertz CT molecular complexity index is 2380. The maximum Gasteiger partial charge on any atom is 0.217 e. The van der Waals surface area contributed by atoms with Crippen LogP contribution in [0, 0.1) is 0 Å². The molecule has 40 atom stereocenters. The van der Waals surface area contributed by atoms with Gasteiger partial charge in [0.2, 0.25) is 11.8 Å². The third-order valence-corrected chi connectivity index (χ3v) is 17.4. The third kappa shape index (κ3) is 17.0. The number of carbonyl (C=O) groups is 2. The van der Waals surface area contributed by atoms with Crippen molar-refractivity contribution in [2.24, 2.45) is 0 Å². The minimum Gasteiger partial charge on any atom is -0.394 e. The Morgan fingerprint density at radius 3 is 1.19 bits per heavy atom. The zero-order chi connectivity index (χ0) is 69.9. The van der Waals surface area contributed by atoms with Gasteiger partial charge in [0.05, 0.1) is 52.9 Å². The average molecular weight is 1400 g/mol. The van der Waals surface area contributed by atoms with Crippen LogP contribution >= 0.6 is 0 Å². The van der Waals surface area contributed by atoms with E-state index in [1.807, 2.05) is 0 Å². The van der Waals surface area contributed by atoms with Crippen molar-refractivity contribution in [1.82, 2.24) is 10.6 Å². The molecule has 0 radical (unpaired) electrons. The number of nitrogens with one attached hydrogen (secondary N) is 2. The van der Waals surface area contributed by atoms with E-state index in [9.17, 15) is 132 Å². The fourth-order valence-electron chi connectivity index (χ4n) is 12.1. The molecular formula is C52H88N2O41. The fourth-order valence-corrected chi connectivity index (χ4v) is 12.1. The van der Waals surface area contributed by atoms with Crippen molar-refractivity contribution >= 4 is 11.8 Å². The lowest BCUT2D eigenvalue weighted by Crippen LogP contribution is -2.70. The van der Waals surface area contributed by atoms with Crippen molar-refractivity contribution < 1.29 is 203 Å². The van der Waals surface area contributed by atoms with Gasteiger partial charge in [-0.25, -0.2) is 0 Å². The Hall–Kier alpha value is -2.62. The summed E-state index contributed by atoms with van der Waals surface area (Å²) in [5, 5.41) is 265. The zero-order valence-electron chi connectivity index (χ0n) is 50.4. The largest absolute Gasteiger partial charge is 0.394 e. The van der Waals surface area contributed by atoms with Crippen molar-refractivity contribution in [2.75, 3.05) is 52.9 Å². The number of aliphatic hydroxyl groups excluding tert-OH is 24. The number of hydrogen-bond acceptors (Lipinski definition) is 41. The summed E-state index contributed by atoms with van der Waals surface area (Å²) in [4.78, 5) is 24.8. The maximum atomic E-state index is 12.8. The molecule has 95 heavy (non-hydrogen) atoms. The highest BCUT2D eigenvalue weighted by molar-refractivity contribution is 5.73. The Balaban J connectivity index is 1.10. The molecule has 8 heterocycles. The predicted octanol–water partition coefficient (Wildman–Crippen LogP) is -18.2. The summed E-state index contributed by atoms with van der Waals surface area (Å²) >= 11 is 0. The van der Waals surface area contributed by atoms with Crippen LogP contribution in [0.25, 0.3) is 0 Å². The Labute approximate surface area is 536 Å². The molecule has 0 spiro atoms.